The average Bonchev–Trinajstić information content (AvgIpc) is 2.31. The van der Waals surface area contributed by atoms with Gasteiger partial charge in [0.05, 0.1) is 6.61 Å². The van der Waals surface area contributed by atoms with Crippen molar-refractivity contribution in [2.24, 2.45) is 5.84 Å². The van der Waals surface area contributed by atoms with Crippen LogP contribution in [0.2, 0.25) is 0 Å². The number of carbonyl (C=O) groups is 2. The molecule has 0 saturated carbocycles. The van der Waals surface area contributed by atoms with Gasteiger partial charge >= 0.3 is 11.8 Å². The molecule has 94 valence electrons. The number of ether oxygens (including phenoxy) is 2. The largest absolute Gasteiger partial charge is 0.385 e. The maximum atomic E-state index is 11.5. The Morgan fingerprint density at radius 3 is 2.31 bits per heavy atom. The molecule has 0 saturated heterocycles. The lowest BCUT2D eigenvalue weighted by Gasteiger charge is -2.20. The van der Waals surface area contributed by atoms with E-state index in [2.05, 4.69) is 0 Å². The highest BCUT2D eigenvalue weighted by Gasteiger charge is 2.19. The molecule has 2 amide bonds. The molecule has 7 nitrogen and oxygen atoms in total. The number of amides is 2. The average molecular weight is 233 g/mol. The van der Waals surface area contributed by atoms with Gasteiger partial charge in [0.1, 0.15) is 0 Å². The molecule has 16 heavy (non-hydrogen) atoms. The number of hydrogen-bond donors (Lipinski definition) is 2. The van der Waals surface area contributed by atoms with Gasteiger partial charge in [0.25, 0.3) is 0 Å². The van der Waals surface area contributed by atoms with Crippen molar-refractivity contribution in [2.75, 3.05) is 40.5 Å². The summed E-state index contributed by atoms with van der Waals surface area (Å²) in [4.78, 5) is 23.9. The number of methoxy groups -OCH3 is 2. The molecule has 0 aliphatic rings. The number of nitrogens with two attached hydrogens (primary N) is 1. The highest BCUT2D eigenvalue weighted by molar-refractivity contribution is 6.34. The van der Waals surface area contributed by atoms with Gasteiger partial charge in [0, 0.05) is 33.9 Å². The zero-order valence-electron chi connectivity index (χ0n) is 9.69. The van der Waals surface area contributed by atoms with Crippen LogP contribution in [0.4, 0.5) is 0 Å². The standard InChI is InChI=1S/C9H19N3O4/c1-15-6-3-4-12(5-7-16-2)9(14)8(13)11-10/h3-7,10H2,1-2H3,(H,11,13). The van der Waals surface area contributed by atoms with Crippen molar-refractivity contribution in [3.05, 3.63) is 0 Å². The molecular formula is C9H19N3O4. The number of nitrogens with one attached hydrogen (secondary N) is 1. The van der Waals surface area contributed by atoms with Crippen LogP contribution in [-0.2, 0) is 19.1 Å². The second-order valence-corrected chi connectivity index (χ2v) is 3.10. The van der Waals surface area contributed by atoms with Crippen LogP contribution >= 0.6 is 0 Å². The van der Waals surface area contributed by atoms with Gasteiger partial charge in [-0.05, 0) is 6.42 Å². The lowest BCUT2D eigenvalue weighted by atomic mass is 10.3. The number of carbonyl (C=O) groups excluding carboxylic acids is 2. The number of hydrazine groups is 1. The molecule has 0 aromatic carbocycles. The number of hydrogen-bond acceptors (Lipinski definition) is 5. The molecular weight excluding hydrogens is 214 g/mol. The fraction of sp³-hybridized carbons (Fsp3) is 0.778. The van der Waals surface area contributed by atoms with E-state index in [1.54, 1.807) is 7.11 Å². The Labute approximate surface area is 94.8 Å². The maximum Gasteiger partial charge on any atom is 0.323 e. The number of rotatable bonds is 7. The Morgan fingerprint density at radius 2 is 1.81 bits per heavy atom. The van der Waals surface area contributed by atoms with E-state index in [4.69, 9.17) is 15.3 Å². The first kappa shape index (κ1) is 14.8. The molecule has 0 atom stereocenters. The molecule has 0 spiro atoms. The summed E-state index contributed by atoms with van der Waals surface area (Å²) in [6.07, 6.45) is 0.657. The minimum absolute atomic E-state index is 0.354. The van der Waals surface area contributed by atoms with Crippen LogP contribution in [0.25, 0.3) is 0 Å². The van der Waals surface area contributed by atoms with E-state index in [9.17, 15) is 9.59 Å². The zero-order valence-corrected chi connectivity index (χ0v) is 9.69. The summed E-state index contributed by atoms with van der Waals surface area (Å²) in [5.74, 6) is 3.41. The summed E-state index contributed by atoms with van der Waals surface area (Å²) < 4.78 is 9.72. The van der Waals surface area contributed by atoms with Crippen LogP contribution in [0.3, 0.4) is 0 Å². The molecule has 7 heteroatoms. The Bertz CT molecular complexity index is 223. The third-order valence-electron chi connectivity index (χ3n) is 1.95. The molecule has 0 fully saturated rings. The van der Waals surface area contributed by atoms with Crippen LogP contribution in [-0.4, -0.2) is 57.2 Å². The molecule has 0 rings (SSSR count). The van der Waals surface area contributed by atoms with E-state index in [-0.39, 0.29) is 0 Å². The Hall–Kier alpha value is -1.18. The Kier molecular flexibility index (Phi) is 8.41. The topological polar surface area (TPSA) is 93.9 Å². The first-order valence-electron chi connectivity index (χ1n) is 4.95. The van der Waals surface area contributed by atoms with Crippen molar-refractivity contribution in [1.82, 2.24) is 10.3 Å². The summed E-state index contributed by atoms with van der Waals surface area (Å²) in [5.41, 5.74) is 1.81. The van der Waals surface area contributed by atoms with Crippen molar-refractivity contribution in [2.45, 2.75) is 6.42 Å². The van der Waals surface area contributed by atoms with Gasteiger partial charge in [-0.25, -0.2) is 5.84 Å². The SMILES string of the molecule is COCCCN(CCOC)C(=O)C(=O)NN. The molecule has 3 N–H and O–H groups in total. The highest BCUT2D eigenvalue weighted by atomic mass is 16.5. The highest BCUT2D eigenvalue weighted by Crippen LogP contribution is 1.94. The quantitative estimate of drug-likeness (QED) is 0.183. The molecule has 0 bridgehead atoms. The first-order chi connectivity index (χ1) is 7.67. The summed E-state index contributed by atoms with van der Waals surface area (Å²) in [6, 6.07) is 0. The second-order valence-electron chi connectivity index (χ2n) is 3.10. The minimum Gasteiger partial charge on any atom is -0.385 e. The molecule has 0 aromatic heterocycles. The molecule has 0 aliphatic heterocycles. The lowest BCUT2D eigenvalue weighted by molar-refractivity contribution is -0.146. The van der Waals surface area contributed by atoms with E-state index in [0.29, 0.717) is 32.7 Å². The van der Waals surface area contributed by atoms with Gasteiger partial charge in [-0.2, -0.15) is 0 Å². The fourth-order valence-electron chi connectivity index (χ4n) is 1.12. The smallest absolute Gasteiger partial charge is 0.323 e. The Morgan fingerprint density at radius 1 is 1.19 bits per heavy atom. The van der Waals surface area contributed by atoms with Gasteiger partial charge in [0.15, 0.2) is 0 Å². The maximum absolute atomic E-state index is 11.5. The van der Waals surface area contributed by atoms with E-state index in [0.717, 1.165) is 0 Å². The predicted molar refractivity (Wildman–Crippen MR) is 57.3 cm³/mol. The van der Waals surface area contributed by atoms with Crippen molar-refractivity contribution in [1.29, 1.82) is 0 Å². The van der Waals surface area contributed by atoms with E-state index in [1.165, 1.54) is 12.0 Å². The summed E-state index contributed by atoms with van der Waals surface area (Å²) in [7, 11) is 3.11. The van der Waals surface area contributed by atoms with Gasteiger partial charge in [-0.1, -0.05) is 0 Å². The molecule has 0 heterocycles. The van der Waals surface area contributed by atoms with Gasteiger partial charge in [-0.3, -0.25) is 15.0 Å². The van der Waals surface area contributed by atoms with Crippen molar-refractivity contribution in [3.8, 4) is 0 Å². The predicted octanol–water partition coefficient (Wildman–Crippen LogP) is -1.51. The van der Waals surface area contributed by atoms with Crippen LogP contribution in [0.5, 0.6) is 0 Å². The summed E-state index contributed by atoms with van der Waals surface area (Å²) in [5, 5.41) is 0. The zero-order chi connectivity index (χ0) is 12.4. The van der Waals surface area contributed by atoms with Crippen molar-refractivity contribution < 1.29 is 19.1 Å². The minimum atomic E-state index is -0.825. The lowest BCUT2D eigenvalue weighted by Crippen LogP contribution is -2.47. The molecule has 0 aliphatic carbocycles. The first-order valence-corrected chi connectivity index (χ1v) is 4.95. The van der Waals surface area contributed by atoms with Crippen LogP contribution in [0.1, 0.15) is 6.42 Å². The van der Waals surface area contributed by atoms with E-state index < -0.39 is 11.8 Å². The normalized spacial score (nSPS) is 9.94. The summed E-state index contributed by atoms with van der Waals surface area (Å²) in [6.45, 7) is 1.69. The summed E-state index contributed by atoms with van der Waals surface area (Å²) >= 11 is 0. The Balaban J connectivity index is 4.17. The van der Waals surface area contributed by atoms with Crippen LogP contribution in [0, 0.1) is 0 Å². The van der Waals surface area contributed by atoms with Gasteiger partial charge in [-0.15, -0.1) is 0 Å². The third-order valence-corrected chi connectivity index (χ3v) is 1.95. The molecule has 0 radical (unpaired) electrons. The number of nitrogens with zero attached hydrogens (tertiary/aromatic N) is 1. The van der Waals surface area contributed by atoms with E-state index in [1.807, 2.05) is 5.43 Å². The van der Waals surface area contributed by atoms with Crippen molar-refractivity contribution >= 4 is 11.8 Å². The van der Waals surface area contributed by atoms with Gasteiger partial charge < -0.3 is 14.4 Å². The molecule has 0 unspecified atom stereocenters. The van der Waals surface area contributed by atoms with Crippen LogP contribution < -0.4 is 11.3 Å². The van der Waals surface area contributed by atoms with Crippen molar-refractivity contribution in [3.63, 3.8) is 0 Å². The third kappa shape index (κ3) is 5.64. The monoisotopic (exact) mass is 233 g/mol. The second kappa shape index (κ2) is 9.08. The van der Waals surface area contributed by atoms with Crippen LogP contribution in [0.15, 0.2) is 0 Å². The fourth-order valence-corrected chi connectivity index (χ4v) is 1.12. The molecule has 0 aromatic rings. The van der Waals surface area contributed by atoms with E-state index >= 15 is 0 Å². The van der Waals surface area contributed by atoms with Gasteiger partial charge in [0.2, 0.25) is 0 Å².